The van der Waals surface area contributed by atoms with Crippen LogP contribution in [0.2, 0.25) is 0 Å². The van der Waals surface area contributed by atoms with E-state index in [2.05, 4.69) is 53.2 Å². The van der Waals surface area contributed by atoms with Crippen molar-refractivity contribution >= 4 is 21.9 Å². The summed E-state index contributed by atoms with van der Waals surface area (Å²) in [5, 5.41) is 0. The molecule has 174 valence electrons. The van der Waals surface area contributed by atoms with E-state index in [0.29, 0.717) is 23.9 Å². The first kappa shape index (κ1) is 21.5. The van der Waals surface area contributed by atoms with Gasteiger partial charge in [-0.25, -0.2) is 0 Å². The summed E-state index contributed by atoms with van der Waals surface area (Å²) in [7, 11) is 0. The number of alkyl halides is 1. The molecule has 32 heavy (non-hydrogen) atoms. The van der Waals surface area contributed by atoms with Crippen LogP contribution in [0.4, 0.5) is 0 Å². The number of ether oxygens (including phenoxy) is 3. The van der Waals surface area contributed by atoms with Crippen molar-refractivity contribution in [2.45, 2.75) is 87.9 Å². The highest BCUT2D eigenvalue weighted by atomic mass is 79.9. The summed E-state index contributed by atoms with van der Waals surface area (Å²) in [4.78, 5) is 11.6. The molecule has 0 N–H and O–H groups in total. The molecule has 0 aromatic heterocycles. The third-order valence-corrected chi connectivity index (χ3v) is 11.8. The molecule has 2 bridgehead atoms. The topological polar surface area (TPSA) is 44.8 Å². The van der Waals surface area contributed by atoms with Gasteiger partial charge in [0.15, 0.2) is 0 Å². The Morgan fingerprint density at radius 1 is 1.09 bits per heavy atom. The highest BCUT2D eigenvalue weighted by Gasteiger charge is 2.72. The normalized spacial score (nSPS) is 49.0. The quantitative estimate of drug-likeness (QED) is 0.380. The second-order valence-corrected chi connectivity index (χ2v) is 12.9. The highest BCUT2D eigenvalue weighted by molar-refractivity contribution is 9.10. The van der Waals surface area contributed by atoms with Crippen LogP contribution in [-0.2, 0) is 14.3 Å². The van der Waals surface area contributed by atoms with Gasteiger partial charge in [0.25, 0.3) is 0 Å². The van der Waals surface area contributed by atoms with Crippen LogP contribution in [0.1, 0.15) is 65.2 Å². The van der Waals surface area contributed by atoms with Crippen molar-refractivity contribution < 1.29 is 19.0 Å². The molecule has 0 amide bonds. The summed E-state index contributed by atoms with van der Waals surface area (Å²) in [5.41, 5.74) is 0.422. The molecule has 1 aromatic carbocycles. The van der Waals surface area contributed by atoms with Crippen molar-refractivity contribution in [3.05, 3.63) is 30.3 Å². The maximum Gasteiger partial charge on any atom is 0.302 e. The van der Waals surface area contributed by atoms with Crippen LogP contribution < -0.4 is 4.74 Å². The molecule has 9 atom stereocenters. The predicted molar refractivity (Wildman–Crippen MR) is 126 cm³/mol. The number of fused-ring (bicyclic) bond motifs is 3. The predicted octanol–water partition coefficient (Wildman–Crippen LogP) is 5.91. The fourth-order valence-corrected chi connectivity index (χ4v) is 10.1. The van der Waals surface area contributed by atoms with E-state index in [0.717, 1.165) is 44.5 Å². The summed E-state index contributed by atoms with van der Waals surface area (Å²) in [6, 6.07) is 10.4. The Morgan fingerprint density at radius 3 is 2.69 bits per heavy atom. The third-order valence-electron chi connectivity index (χ3n) is 10.2. The second kappa shape index (κ2) is 7.46. The summed E-state index contributed by atoms with van der Waals surface area (Å²) < 4.78 is 18.8. The highest BCUT2D eigenvalue weighted by Crippen LogP contribution is 2.72. The smallest absolute Gasteiger partial charge is 0.302 e. The molecule has 4 nitrogen and oxygen atoms in total. The van der Waals surface area contributed by atoms with Gasteiger partial charge in [0, 0.05) is 24.2 Å². The Labute approximate surface area is 199 Å². The van der Waals surface area contributed by atoms with Gasteiger partial charge in [-0.05, 0) is 74.8 Å². The maximum absolute atomic E-state index is 11.6. The van der Waals surface area contributed by atoms with Gasteiger partial charge in [-0.3, -0.25) is 4.79 Å². The lowest BCUT2D eigenvalue weighted by molar-refractivity contribution is -0.154. The van der Waals surface area contributed by atoms with Gasteiger partial charge >= 0.3 is 5.97 Å². The number of carbonyl (C=O) groups is 1. The van der Waals surface area contributed by atoms with Crippen molar-refractivity contribution in [2.24, 2.45) is 28.6 Å². The Kier molecular flexibility index (Phi) is 5.01. The molecular formula is C27H35BrO4. The van der Waals surface area contributed by atoms with Gasteiger partial charge in [-0.1, -0.05) is 41.1 Å². The van der Waals surface area contributed by atoms with Crippen LogP contribution in [0.5, 0.6) is 5.75 Å². The summed E-state index contributed by atoms with van der Waals surface area (Å²) in [6.45, 7) is 4.90. The molecule has 1 heterocycles. The fourth-order valence-electron chi connectivity index (χ4n) is 8.84. The molecule has 0 radical (unpaired) electrons. The largest absolute Gasteiger partial charge is 0.490 e. The van der Waals surface area contributed by atoms with Crippen molar-refractivity contribution in [1.29, 1.82) is 0 Å². The van der Waals surface area contributed by atoms with E-state index < -0.39 is 0 Å². The van der Waals surface area contributed by atoms with E-state index in [1.165, 1.54) is 26.2 Å². The van der Waals surface area contributed by atoms with Crippen molar-refractivity contribution in [3.8, 4) is 5.75 Å². The minimum absolute atomic E-state index is 0.0183. The van der Waals surface area contributed by atoms with Gasteiger partial charge in [0.05, 0.1) is 17.0 Å². The number of halogens is 1. The van der Waals surface area contributed by atoms with Gasteiger partial charge in [0.2, 0.25) is 0 Å². The fraction of sp³-hybridized carbons (Fsp3) is 0.741. The Balaban J connectivity index is 1.26. The lowest BCUT2D eigenvalue weighted by atomic mass is 9.45. The molecule has 0 spiro atoms. The van der Waals surface area contributed by atoms with E-state index in [1.54, 1.807) is 0 Å². The van der Waals surface area contributed by atoms with E-state index >= 15 is 0 Å². The van der Waals surface area contributed by atoms with Crippen LogP contribution in [0, 0.1) is 28.6 Å². The minimum Gasteiger partial charge on any atom is -0.490 e. The number of benzene rings is 1. The number of hydrogen-bond donors (Lipinski definition) is 0. The number of carbonyl (C=O) groups excluding carboxylic acids is 1. The van der Waals surface area contributed by atoms with Crippen LogP contribution in [0.25, 0.3) is 0 Å². The van der Waals surface area contributed by atoms with Gasteiger partial charge in [-0.15, -0.1) is 0 Å². The average Bonchev–Trinajstić information content (AvgIpc) is 3.16. The number of esters is 1. The van der Waals surface area contributed by atoms with Gasteiger partial charge < -0.3 is 14.2 Å². The zero-order valence-electron chi connectivity index (χ0n) is 19.2. The molecule has 5 aliphatic rings. The first-order valence-electron chi connectivity index (χ1n) is 12.6. The first-order chi connectivity index (χ1) is 15.4. The summed E-state index contributed by atoms with van der Waals surface area (Å²) in [6.07, 6.45) is 9.55. The number of hydrogen-bond acceptors (Lipinski definition) is 4. The standard InChI is InChI=1S/C27H35BrO4/c1-17(29)31-19-10-13-26-16-30-24(27(26,28)15-19)14-20-21-8-9-23(25(21,2)12-11-22(20)26)32-18-6-4-3-5-7-18/h3-7,19-24H,8-16H2,1-2H3/t19-,20+,21+,22+,23+,24+,25+,26+,27-/m1/s1. The van der Waals surface area contributed by atoms with Crippen LogP contribution in [-0.4, -0.2) is 35.2 Å². The van der Waals surface area contributed by atoms with Crippen molar-refractivity contribution in [1.82, 2.24) is 0 Å². The van der Waals surface area contributed by atoms with Crippen LogP contribution in [0.15, 0.2) is 30.3 Å². The summed E-state index contributed by atoms with van der Waals surface area (Å²) >= 11 is 4.25. The van der Waals surface area contributed by atoms with Crippen LogP contribution in [0.3, 0.4) is 0 Å². The zero-order chi connectivity index (χ0) is 22.1. The molecule has 5 heteroatoms. The van der Waals surface area contributed by atoms with E-state index in [9.17, 15) is 4.79 Å². The molecule has 1 aromatic rings. The number of para-hydroxylation sites is 1. The lowest BCUT2D eigenvalue weighted by Gasteiger charge is -2.62. The molecular weight excluding hydrogens is 468 g/mol. The molecule has 4 saturated carbocycles. The Bertz CT molecular complexity index is 891. The molecule has 1 aliphatic heterocycles. The monoisotopic (exact) mass is 502 g/mol. The van der Waals surface area contributed by atoms with E-state index in [1.807, 2.05) is 0 Å². The van der Waals surface area contributed by atoms with Gasteiger partial charge in [-0.2, -0.15) is 0 Å². The summed E-state index contributed by atoms with van der Waals surface area (Å²) in [5.74, 6) is 2.96. The lowest BCUT2D eigenvalue weighted by Crippen LogP contribution is -2.64. The van der Waals surface area contributed by atoms with Crippen molar-refractivity contribution in [3.63, 3.8) is 0 Å². The van der Waals surface area contributed by atoms with Crippen molar-refractivity contribution in [2.75, 3.05) is 6.61 Å². The first-order valence-corrected chi connectivity index (χ1v) is 13.3. The minimum atomic E-state index is -0.159. The molecule has 6 rings (SSSR count). The molecule has 0 unspecified atom stereocenters. The average molecular weight is 503 g/mol. The second-order valence-electron chi connectivity index (χ2n) is 11.4. The van der Waals surface area contributed by atoms with E-state index in [-0.39, 0.29) is 33.3 Å². The third kappa shape index (κ3) is 2.92. The van der Waals surface area contributed by atoms with E-state index in [4.69, 9.17) is 14.2 Å². The Morgan fingerprint density at radius 2 is 1.91 bits per heavy atom. The van der Waals surface area contributed by atoms with Gasteiger partial charge in [0.1, 0.15) is 18.0 Å². The SMILES string of the molecule is CC(=O)O[C@@H]1CC[C@]23CO[C@@H](C[C@H]4[C@@H]5CC[C@H](Oc6ccccc6)[C@@]5(C)CC[C@@H]42)[C@]3(Br)C1. The Hall–Kier alpha value is -1.07. The maximum atomic E-state index is 11.6. The number of rotatable bonds is 3. The molecule has 1 saturated heterocycles. The van der Waals surface area contributed by atoms with Crippen LogP contribution >= 0.6 is 15.9 Å². The molecule has 4 aliphatic carbocycles. The zero-order valence-corrected chi connectivity index (χ0v) is 20.8. The molecule has 5 fully saturated rings.